The van der Waals surface area contributed by atoms with Crippen LogP contribution < -0.4 is 5.19 Å². The van der Waals surface area contributed by atoms with Crippen LogP contribution in [-0.2, 0) is 6.42 Å². The molecule has 0 atom stereocenters. The van der Waals surface area contributed by atoms with E-state index in [1.54, 1.807) is 0 Å². The SMILES string of the molecule is CC(C)(Cc1cccc([Si-](C)(C)C#CCCCCCCCCCCSCCO)c1)[Si](C)(C)CCCCCCCCCCCCCCSCCO. The van der Waals surface area contributed by atoms with Crippen LogP contribution in [0.15, 0.2) is 24.3 Å². The van der Waals surface area contributed by atoms with Crippen molar-refractivity contribution in [2.24, 2.45) is 0 Å². The lowest BCUT2D eigenvalue weighted by Gasteiger charge is -2.41. The van der Waals surface area contributed by atoms with Crippen LogP contribution in [0.2, 0.25) is 37.3 Å². The third-order valence-corrected chi connectivity index (χ3v) is 21.3. The quantitative estimate of drug-likeness (QED) is 0.0425. The van der Waals surface area contributed by atoms with Crippen molar-refractivity contribution in [2.45, 2.75) is 192 Å². The van der Waals surface area contributed by atoms with Gasteiger partial charge in [0, 0.05) is 17.9 Å². The van der Waals surface area contributed by atoms with Crippen LogP contribution in [0.25, 0.3) is 0 Å². The van der Waals surface area contributed by atoms with Crippen LogP contribution in [-0.4, -0.2) is 62.6 Å². The molecular formula is C44H82O2S2Si2-. The van der Waals surface area contributed by atoms with E-state index in [4.69, 9.17) is 10.2 Å². The second kappa shape index (κ2) is 30.2. The van der Waals surface area contributed by atoms with Crippen LogP contribution in [0.1, 0.15) is 154 Å². The summed E-state index contributed by atoms with van der Waals surface area (Å²) in [6, 6.07) is 11.0. The lowest BCUT2D eigenvalue weighted by molar-refractivity contribution is 0.322. The Kier molecular flexibility index (Phi) is 28.9. The predicted molar refractivity (Wildman–Crippen MR) is 237 cm³/mol. The third kappa shape index (κ3) is 24.2. The van der Waals surface area contributed by atoms with E-state index in [-0.39, 0.29) is 0 Å². The van der Waals surface area contributed by atoms with Gasteiger partial charge in [0.1, 0.15) is 0 Å². The van der Waals surface area contributed by atoms with Gasteiger partial charge in [0.2, 0.25) is 0 Å². The Bertz CT molecular complexity index is 1000. The van der Waals surface area contributed by atoms with Gasteiger partial charge in [-0.05, 0) is 50.3 Å². The van der Waals surface area contributed by atoms with Crippen LogP contribution >= 0.6 is 23.5 Å². The fraction of sp³-hybridized carbons (Fsp3) is 0.818. The van der Waals surface area contributed by atoms with E-state index in [0.29, 0.717) is 18.3 Å². The first kappa shape index (κ1) is 47.9. The molecule has 0 heterocycles. The lowest BCUT2D eigenvalue weighted by Crippen LogP contribution is -2.42. The van der Waals surface area contributed by atoms with Crippen molar-refractivity contribution in [3.05, 3.63) is 29.8 Å². The van der Waals surface area contributed by atoms with E-state index in [1.807, 2.05) is 23.5 Å². The summed E-state index contributed by atoms with van der Waals surface area (Å²) >= 11 is 3.77. The first-order chi connectivity index (χ1) is 24.1. The number of unbranched alkanes of at least 4 members (excludes halogenated alkanes) is 19. The molecule has 0 saturated carbocycles. The highest BCUT2D eigenvalue weighted by atomic mass is 32.2. The van der Waals surface area contributed by atoms with Gasteiger partial charge >= 0.3 is 0 Å². The van der Waals surface area contributed by atoms with E-state index in [1.165, 1.54) is 163 Å². The normalized spacial score (nSPS) is 12.3. The molecule has 1 aromatic carbocycles. The Balaban J connectivity index is 2.27. The lowest BCUT2D eigenvalue weighted by atomic mass is 10.0. The summed E-state index contributed by atoms with van der Waals surface area (Å²) in [5.41, 5.74) is 5.31. The highest BCUT2D eigenvalue weighted by molar-refractivity contribution is 7.99. The maximum Gasteiger partial charge on any atom is 0.0533 e. The molecule has 0 aliphatic heterocycles. The van der Waals surface area contributed by atoms with Gasteiger partial charge in [-0.2, -0.15) is 41.8 Å². The Morgan fingerprint density at radius 2 is 1.06 bits per heavy atom. The third-order valence-electron chi connectivity index (χ3n) is 11.2. The van der Waals surface area contributed by atoms with E-state index in [2.05, 4.69) is 75.8 Å². The maximum absolute atomic E-state index is 8.85. The van der Waals surface area contributed by atoms with Gasteiger partial charge in [0.25, 0.3) is 0 Å². The molecule has 50 heavy (non-hydrogen) atoms. The fourth-order valence-electron chi connectivity index (χ4n) is 6.86. The summed E-state index contributed by atoms with van der Waals surface area (Å²) in [4.78, 5) is 0. The van der Waals surface area contributed by atoms with Crippen molar-refractivity contribution in [1.82, 2.24) is 0 Å². The number of benzene rings is 1. The number of aliphatic hydroxyl groups excluding tert-OH is 2. The van der Waals surface area contributed by atoms with E-state index in [0.717, 1.165) is 17.9 Å². The minimum Gasteiger partial charge on any atom is -0.396 e. The summed E-state index contributed by atoms with van der Waals surface area (Å²) in [6.07, 6.45) is 29.8. The molecule has 0 bridgehead atoms. The number of hydrogen-bond acceptors (Lipinski definition) is 4. The smallest absolute Gasteiger partial charge is 0.0533 e. The first-order valence-corrected chi connectivity index (χ1v) is 29.5. The van der Waals surface area contributed by atoms with Crippen LogP contribution in [0.4, 0.5) is 0 Å². The zero-order valence-electron chi connectivity index (χ0n) is 34.0. The molecule has 0 unspecified atom stereocenters. The van der Waals surface area contributed by atoms with Crippen molar-refractivity contribution in [3.63, 3.8) is 0 Å². The molecule has 0 radical (unpaired) electrons. The standard InChI is InChI=1S/C44H82O2S2Si2/c1-44(2,50(5,6)39-28-24-20-16-11-8-7-9-13-17-21-25-34-47-36-32-45)41-42-30-29-31-43(40-42)49(3,4)38-27-23-19-15-12-10-14-18-22-26-35-48-37-33-46/h29-31,40,45-46H,7-26,28,32-37,39,41H2,1-6H3/q-1. The molecule has 0 spiro atoms. The van der Waals surface area contributed by atoms with Crippen LogP contribution in [0.5, 0.6) is 0 Å². The molecular weight excluding hydrogens is 681 g/mol. The van der Waals surface area contributed by atoms with E-state index >= 15 is 0 Å². The Labute approximate surface area is 323 Å². The van der Waals surface area contributed by atoms with Gasteiger partial charge in [-0.1, -0.05) is 172 Å². The van der Waals surface area contributed by atoms with Crippen molar-refractivity contribution in [1.29, 1.82) is 0 Å². The number of aliphatic hydroxyl groups is 2. The number of hydrogen-bond donors (Lipinski definition) is 2. The summed E-state index contributed by atoms with van der Waals surface area (Å²) in [6.45, 7) is 15.9. The average molecular weight is 763 g/mol. The van der Waals surface area contributed by atoms with Crippen LogP contribution in [0.3, 0.4) is 0 Å². The highest BCUT2D eigenvalue weighted by Gasteiger charge is 2.38. The zero-order valence-corrected chi connectivity index (χ0v) is 37.7. The van der Waals surface area contributed by atoms with Gasteiger partial charge in [0.05, 0.1) is 21.3 Å². The predicted octanol–water partition coefficient (Wildman–Crippen LogP) is 12.8. The topological polar surface area (TPSA) is 40.5 Å². The molecule has 1 rings (SSSR count). The van der Waals surface area contributed by atoms with Gasteiger partial charge in [-0.15, -0.1) is 5.92 Å². The van der Waals surface area contributed by atoms with Crippen LogP contribution in [0, 0.1) is 11.5 Å². The number of thioether (sulfide) groups is 2. The molecule has 1 aromatic rings. The Hall–Kier alpha value is -0.166. The van der Waals surface area contributed by atoms with Gasteiger partial charge in [-0.3, -0.25) is 5.54 Å². The van der Waals surface area contributed by atoms with Crippen molar-refractivity contribution in [3.8, 4) is 11.5 Å². The summed E-state index contributed by atoms with van der Waals surface area (Å²) < 4.78 is 0. The molecule has 0 amide bonds. The monoisotopic (exact) mass is 763 g/mol. The molecule has 0 fully saturated rings. The molecule has 0 aliphatic rings. The van der Waals surface area contributed by atoms with E-state index in [9.17, 15) is 0 Å². The largest absolute Gasteiger partial charge is 0.396 e. The molecule has 6 heteroatoms. The summed E-state index contributed by atoms with van der Waals surface area (Å²) in [7, 11) is -3.14. The van der Waals surface area contributed by atoms with Gasteiger partial charge in [0.15, 0.2) is 0 Å². The minimum atomic E-state index is -1.76. The van der Waals surface area contributed by atoms with E-state index < -0.39 is 16.1 Å². The van der Waals surface area contributed by atoms with Gasteiger partial charge < -0.3 is 10.2 Å². The Morgan fingerprint density at radius 3 is 1.54 bits per heavy atom. The molecule has 291 valence electrons. The molecule has 0 aromatic heterocycles. The van der Waals surface area contributed by atoms with Crippen molar-refractivity contribution in [2.75, 3.05) is 36.2 Å². The minimum absolute atomic E-state index is 0.317. The second-order valence-corrected chi connectivity index (χ2v) is 29.0. The molecule has 2 N–H and O–H groups in total. The molecule has 2 nitrogen and oxygen atoms in total. The number of rotatable bonds is 33. The average Bonchev–Trinajstić information content (AvgIpc) is 3.08. The molecule has 0 saturated heterocycles. The maximum atomic E-state index is 8.85. The first-order valence-electron chi connectivity index (χ1n) is 21.0. The van der Waals surface area contributed by atoms with Crippen molar-refractivity contribution < 1.29 is 10.2 Å². The van der Waals surface area contributed by atoms with Crippen molar-refractivity contribution >= 4 is 44.9 Å². The highest BCUT2D eigenvalue weighted by Crippen LogP contribution is 2.43. The Morgan fingerprint density at radius 1 is 0.620 bits per heavy atom. The molecule has 0 aliphatic carbocycles. The zero-order chi connectivity index (χ0) is 36.8. The second-order valence-electron chi connectivity index (χ2n) is 16.8. The summed E-state index contributed by atoms with van der Waals surface area (Å²) in [5, 5.41) is 19.6. The fourth-order valence-corrected chi connectivity index (χ4v) is 12.6. The van der Waals surface area contributed by atoms with Gasteiger partial charge in [-0.25, -0.2) is 0 Å². The summed E-state index contributed by atoms with van der Waals surface area (Å²) in [5.74, 6) is 7.83.